The number of unbranched alkanes of at least 4 members (excludes halogenated alkanes) is 8. The van der Waals surface area contributed by atoms with Crippen LogP contribution in [0.3, 0.4) is 0 Å². The molecule has 7 nitrogen and oxygen atoms in total. The first kappa shape index (κ1) is 32.4. The van der Waals surface area contributed by atoms with E-state index in [-0.39, 0.29) is 5.97 Å². The van der Waals surface area contributed by atoms with Crippen molar-refractivity contribution in [3.05, 3.63) is 85.1 Å². The van der Waals surface area contributed by atoms with Crippen molar-refractivity contribution in [1.29, 1.82) is 0 Å². The quantitative estimate of drug-likeness (QED) is 0.0581. The first-order chi connectivity index (χ1) is 20.6. The molecule has 0 radical (unpaired) electrons. The molecule has 0 fully saturated rings. The highest BCUT2D eigenvalue weighted by atomic mass is 16.5. The summed E-state index contributed by atoms with van der Waals surface area (Å²) in [5, 5.41) is 0. The molecule has 0 aliphatic carbocycles. The fourth-order valence-electron chi connectivity index (χ4n) is 4.27. The zero-order valence-corrected chi connectivity index (χ0v) is 24.7. The second-order valence-corrected chi connectivity index (χ2v) is 10.1. The summed E-state index contributed by atoms with van der Waals surface area (Å²) in [4.78, 5) is 28.0. The number of pyridine rings is 1. The van der Waals surface area contributed by atoms with Gasteiger partial charge in [0.15, 0.2) is 0 Å². The van der Waals surface area contributed by atoms with E-state index in [9.17, 15) is 9.59 Å². The third-order valence-corrected chi connectivity index (χ3v) is 6.63. The second kappa shape index (κ2) is 19.1. The minimum Gasteiger partial charge on any atom is -0.494 e. The average molecular weight is 574 g/mol. The first-order valence-electron chi connectivity index (χ1n) is 15.0. The molecule has 0 atom stereocenters. The van der Waals surface area contributed by atoms with Gasteiger partial charge in [-0.3, -0.25) is 4.98 Å². The Kier molecular flexibility index (Phi) is 14.7. The number of nitrogens with zero attached hydrogens (tertiary/aromatic N) is 1. The van der Waals surface area contributed by atoms with Crippen molar-refractivity contribution >= 4 is 11.9 Å². The van der Waals surface area contributed by atoms with Crippen LogP contribution in [0.5, 0.6) is 17.2 Å². The van der Waals surface area contributed by atoms with Gasteiger partial charge in [-0.1, -0.05) is 58.4 Å². The van der Waals surface area contributed by atoms with Crippen molar-refractivity contribution in [3.8, 4) is 28.5 Å². The van der Waals surface area contributed by atoms with Gasteiger partial charge in [0.2, 0.25) is 0 Å². The van der Waals surface area contributed by atoms with E-state index >= 15 is 0 Å². The lowest BCUT2D eigenvalue weighted by Crippen LogP contribution is -2.08. The van der Waals surface area contributed by atoms with Crippen LogP contribution in [-0.4, -0.2) is 36.7 Å². The number of hydrogen-bond donors (Lipinski definition) is 0. The monoisotopic (exact) mass is 573 g/mol. The van der Waals surface area contributed by atoms with Gasteiger partial charge in [-0.05, 0) is 79.9 Å². The van der Waals surface area contributed by atoms with Crippen LogP contribution in [0.2, 0.25) is 0 Å². The highest BCUT2D eigenvalue weighted by molar-refractivity contribution is 5.91. The van der Waals surface area contributed by atoms with Gasteiger partial charge in [-0.15, -0.1) is 0 Å². The number of carbonyl (C=O) groups excluding carboxylic acids is 2. The normalized spacial score (nSPS) is 10.6. The Balaban J connectivity index is 1.27. The van der Waals surface area contributed by atoms with Crippen LogP contribution in [0.4, 0.5) is 0 Å². The highest BCUT2D eigenvalue weighted by Gasteiger charge is 2.10. The summed E-state index contributed by atoms with van der Waals surface area (Å²) in [6.07, 6.45) is 14.0. The largest absolute Gasteiger partial charge is 0.494 e. The fourth-order valence-corrected chi connectivity index (χ4v) is 4.27. The van der Waals surface area contributed by atoms with Gasteiger partial charge < -0.3 is 18.9 Å². The Hall–Kier alpha value is -4.13. The van der Waals surface area contributed by atoms with Crippen molar-refractivity contribution in [1.82, 2.24) is 4.98 Å². The van der Waals surface area contributed by atoms with Crippen LogP contribution in [0.15, 0.2) is 79.5 Å². The van der Waals surface area contributed by atoms with Crippen molar-refractivity contribution < 1.29 is 28.5 Å². The smallest absolute Gasteiger partial charge is 0.343 e. The van der Waals surface area contributed by atoms with E-state index in [1.165, 1.54) is 38.2 Å². The Labute approximate surface area is 249 Å². The lowest BCUT2D eigenvalue weighted by molar-refractivity contribution is -0.137. The number of esters is 2. The molecular formula is C35H43NO6. The number of carbonyl (C=O) groups is 2. The molecule has 0 N–H and O–H groups in total. The molecule has 0 aliphatic heterocycles. The molecular weight excluding hydrogens is 530 g/mol. The molecule has 2 aromatic carbocycles. The molecule has 0 saturated heterocycles. The van der Waals surface area contributed by atoms with Gasteiger partial charge in [0.25, 0.3) is 0 Å². The minimum absolute atomic E-state index is 0.343. The number of aromatic nitrogens is 1. The third-order valence-electron chi connectivity index (χ3n) is 6.63. The molecule has 0 amide bonds. The number of benzene rings is 2. The summed E-state index contributed by atoms with van der Waals surface area (Å²) in [7, 11) is 0. The van der Waals surface area contributed by atoms with Gasteiger partial charge in [0.05, 0.1) is 37.3 Å². The second-order valence-electron chi connectivity index (χ2n) is 10.1. The van der Waals surface area contributed by atoms with Crippen LogP contribution in [-0.2, 0) is 9.53 Å². The maximum absolute atomic E-state index is 12.6. The van der Waals surface area contributed by atoms with Gasteiger partial charge in [0.1, 0.15) is 17.2 Å². The minimum atomic E-state index is -0.416. The zero-order chi connectivity index (χ0) is 29.8. The van der Waals surface area contributed by atoms with Gasteiger partial charge in [-0.2, -0.15) is 0 Å². The Morgan fingerprint density at radius 1 is 0.690 bits per heavy atom. The van der Waals surface area contributed by atoms with E-state index in [4.69, 9.17) is 18.9 Å². The Bertz CT molecular complexity index is 1210. The predicted octanol–water partition coefficient (Wildman–Crippen LogP) is 8.38. The molecule has 0 saturated carbocycles. The van der Waals surface area contributed by atoms with E-state index in [0.29, 0.717) is 31.1 Å². The van der Waals surface area contributed by atoms with Crippen molar-refractivity contribution in [2.45, 2.75) is 71.1 Å². The predicted molar refractivity (Wildman–Crippen MR) is 165 cm³/mol. The Morgan fingerprint density at radius 2 is 1.26 bits per heavy atom. The lowest BCUT2D eigenvalue weighted by atomic mass is 10.1. The fraction of sp³-hybridized carbons (Fsp3) is 0.400. The van der Waals surface area contributed by atoms with Gasteiger partial charge in [-0.25, -0.2) is 9.59 Å². The molecule has 3 aromatic rings. The van der Waals surface area contributed by atoms with Crippen LogP contribution in [0.25, 0.3) is 11.3 Å². The standard InChI is InChI=1S/C35H43NO6/c1-3-24-39-32-22-23-33(36-27-32)28-14-20-31(21-15-28)42-35(38)29-16-18-30(19-17-29)40-25-12-10-8-6-5-7-9-11-13-26-41-34(37)4-2/h4,14-23,27H,2-3,5-13,24-26H2,1H3. The third kappa shape index (κ3) is 12.2. The maximum atomic E-state index is 12.6. The van der Waals surface area contributed by atoms with E-state index in [2.05, 4.69) is 18.5 Å². The summed E-state index contributed by atoms with van der Waals surface area (Å²) in [6.45, 7) is 7.25. The van der Waals surface area contributed by atoms with Gasteiger partial charge in [0, 0.05) is 11.6 Å². The van der Waals surface area contributed by atoms with E-state index in [1.54, 1.807) is 42.6 Å². The van der Waals surface area contributed by atoms with Crippen molar-refractivity contribution in [2.24, 2.45) is 0 Å². The van der Waals surface area contributed by atoms with Crippen LogP contribution >= 0.6 is 0 Å². The molecule has 3 rings (SSSR count). The average Bonchev–Trinajstić information content (AvgIpc) is 3.03. The summed E-state index contributed by atoms with van der Waals surface area (Å²) >= 11 is 0. The van der Waals surface area contributed by atoms with Crippen molar-refractivity contribution in [2.75, 3.05) is 19.8 Å². The number of ether oxygens (including phenoxy) is 4. The highest BCUT2D eigenvalue weighted by Crippen LogP contribution is 2.23. The summed E-state index contributed by atoms with van der Waals surface area (Å²) < 4.78 is 21.9. The first-order valence-corrected chi connectivity index (χ1v) is 15.0. The molecule has 0 unspecified atom stereocenters. The summed E-state index contributed by atoms with van der Waals surface area (Å²) in [5.41, 5.74) is 2.21. The lowest BCUT2D eigenvalue weighted by Gasteiger charge is -2.09. The van der Waals surface area contributed by atoms with E-state index in [1.807, 2.05) is 24.3 Å². The van der Waals surface area contributed by atoms with E-state index < -0.39 is 5.97 Å². The number of hydrogen-bond acceptors (Lipinski definition) is 7. The van der Waals surface area contributed by atoms with E-state index in [0.717, 1.165) is 54.9 Å². The molecule has 42 heavy (non-hydrogen) atoms. The topological polar surface area (TPSA) is 84.0 Å². The molecule has 0 spiro atoms. The molecule has 0 bridgehead atoms. The molecule has 0 aliphatic rings. The summed E-state index contributed by atoms with van der Waals surface area (Å²) in [6, 6.07) is 18.2. The summed E-state index contributed by atoms with van der Waals surface area (Å²) in [5.74, 6) is 1.21. The molecule has 1 heterocycles. The molecule has 7 heteroatoms. The zero-order valence-electron chi connectivity index (χ0n) is 24.7. The molecule has 1 aromatic heterocycles. The maximum Gasteiger partial charge on any atom is 0.343 e. The van der Waals surface area contributed by atoms with Crippen LogP contribution < -0.4 is 14.2 Å². The SMILES string of the molecule is C=CC(=O)OCCCCCCCCCCCOc1ccc(C(=O)Oc2ccc(-c3ccc(OCCC)cn3)cc2)cc1. The molecule has 224 valence electrons. The van der Waals surface area contributed by atoms with Crippen LogP contribution in [0, 0.1) is 0 Å². The van der Waals surface area contributed by atoms with Crippen LogP contribution in [0.1, 0.15) is 81.5 Å². The number of rotatable bonds is 20. The van der Waals surface area contributed by atoms with Crippen molar-refractivity contribution in [3.63, 3.8) is 0 Å². The van der Waals surface area contributed by atoms with Gasteiger partial charge >= 0.3 is 11.9 Å². The Morgan fingerprint density at radius 3 is 1.86 bits per heavy atom.